The summed E-state index contributed by atoms with van der Waals surface area (Å²) in [5, 5.41) is 6.50. The molecule has 1 nitrogen and oxygen atoms in total. The number of rotatable bonds is 1. The highest BCUT2D eigenvalue weighted by Crippen LogP contribution is 1.82. The van der Waals surface area contributed by atoms with Crippen LogP contribution in [0.25, 0.3) is 0 Å². The van der Waals surface area contributed by atoms with Gasteiger partial charge in [0.2, 0.25) is 0 Å². The third-order valence-electron chi connectivity index (χ3n) is 0.289. The first kappa shape index (κ1) is 4.67. The first-order chi connectivity index (χ1) is 2.27. The standard InChI is InChI=1S/C4H8N/c1-4(2)3-5/h3,5H,1-2H3. The fourth-order valence-corrected chi connectivity index (χ4v) is 0. The molecule has 0 amide bonds. The molecule has 0 aromatic carbocycles. The largest absolute Gasteiger partial charge is 0.313 e. The number of nitrogens with one attached hydrogen (secondary N) is 1. The lowest BCUT2D eigenvalue weighted by atomic mass is 10.3. The lowest BCUT2D eigenvalue weighted by Crippen LogP contribution is -1.77. The fourth-order valence-electron chi connectivity index (χ4n) is 0. The van der Waals surface area contributed by atoms with Gasteiger partial charge in [-0.15, -0.1) is 0 Å². The summed E-state index contributed by atoms with van der Waals surface area (Å²) in [5.74, 6) is 1.05. The Morgan fingerprint density at radius 1 is 1.60 bits per heavy atom. The van der Waals surface area contributed by atoms with Crippen molar-refractivity contribution in [1.82, 2.24) is 0 Å². The van der Waals surface area contributed by atoms with Gasteiger partial charge in [-0.05, 0) is 0 Å². The van der Waals surface area contributed by atoms with Crippen molar-refractivity contribution in [2.45, 2.75) is 13.8 Å². The van der Waals surface area contributed by atoms with E-state index in [0.29, 0.717) is 0 Å². The monoisotopic (exact) mass is 70.1 g/mol. The molecular weight excluding hydrogens is 62.1 g/mol. The summed E-state index contributed by atoms with van der Waals surface area (Å²) in [7, 11) is 0. The van der Waals surface area contributed by atoms with Crippen LogP contribution in [0.4, 0.5) is 0 Å². The molecule has 0 saturated heterocycles. The van der Waals surface area contributed by atoms with Gasteiger partial charge in [0, 0.05) is 12.1 Å². The van der Waals surface area contributed by atoms with Crippen molar-refractivity contribution in [1.29, 1.82) is 5.41 Å². The van der Waals surface area contributed by atoms with E-state index < -0.39 is 0 Å². The summed E-state index contributed by atoms with van der Waals surface area (Å²) in [5.41, 5.74) is 0. The third kappa shape index (κ3) is 3.67. The molecule has 5 heavy (non-hydrogen) atoms. The molecule has 29 valence electrons. The number of hydrogen-bond acceptors (Lipinski definition) is 1. The average molecular weight is 70.1 g/mol. The van der Waals surface area contributed by atoms with Gasteiger partial charge < -0.3 is 5.41 Å². The first-order valence-corrected chi connectivity index (χ1v) is 1.58. The van der Waals surface area contributed by atoms with E-state index in [1.807, 2.05) is 13.8 Å². The van der Waals surface area contributed by atoms with Crippen molar-refractivity contribution in [2.24, 2.45) is 0 Å². The second-order valence-electron chi connectivity index (χ2n) is 1.22. The summed E-state index contributed by atoms with van der Waals surface area (Å²) < 4.78 is 0. The van der Waals surface area contributed by atoms with Crippen LogP contribution in [-0.4, -0.2) is 6.21 Å². The second kappa shape index (κ2) is 1.94. The van der Waals surface area contributed by atoms with Gasteiger partial charge in [-0.2, -0.15) is 0 Å². The van der Waals surface area contributed by atoms with Gasteiger partial charge in [0.05, 0.1) is 0 Å². The zero-order valence-electron chi connectivity index (χ0n) is 3.58. The van der Waals surface area contributed by atoms with Crippen LogP contribution in [0.2, 0.25) is 0 Å². The quantitative estimate of drug-likeness (QED) is 0.449. The molecule has 0 spiro atoms. The Bertz CT molecular complexity index is 30.6. The minimum Gasteiger partial charge on any atom is -0.313 e. The fraction of sp³-hybridized carbons (Fsp3) is 0.500. The van der Waals surface area contributed by atoms with Crippen molar-refractivity contribution >= 4 is 6.21 Å². The van der Waals surface area contributed by atoms with E-state index in [0.717, 1.165) is 5.92 Å². The van der Waals surface area contributed by atoms with Gasteiger partial charge in [-0.25, -0.2) is 0 Å². The van der Waals surface area contributed by atoms with E-state index in [-0.39, 0.29) is 0 Å². The van der Waals surface area contributed by atoms with Gasteiger partial charge in [-0.1, -0.05) is 13.8 Å². The molecule has 1 radical (unpaired) electrons. The van der Waals surface area contributed by atoms with Crippen LogP contribution in [0, 0.1) is 11.3 Å². The van der Waals surface area contributed by atoms with E-state index >= 15 is 0 Å². The molecule has 0 aliphatic rings. The molecule has 0 unspecified atom stereocenters. The van der Waals surface area contributed by atoms with E-state index in [1.54, 1.807) is 0 Å². The molecule has 0 aromatic rings. The molecule has 0 heterocycles. The SMILES string of the molecule is C[C](C)C=N. The van der Waals surface area contributed by atoms with Gasteiger partial charge in [0.15, 0.2) is 0 Å². The zero-order valence-corrected chi connectivity index (χ0v) is 3.58. The van der Waals surface area contributed by atoms with Gasteiger partial charge in [0.25, 0.3) is 0 Å². The smallest absolute Gasteiger partial charge is 0.00933 e. The maximum Gasteiger partial charge on any atom is 0.00933 e. The Hall–Kier alpha value is -0.330. The summed E-state index contributed by atoms with van der Waals surface area (Å²) >= 11 is 0. The van der Waals surface area contributed by atoms with Gasteiger partial charge >= 0.3 is 0 Å². The topological polar surface area (TPSA) is 23.9 Å². The Labute approximate surface area is 32.5 Å². The maximum atomic E-state index is 6.50. The van der Waals surface area contributed by atoms with Crippen molar-refractivity contribution in [3.8, 4) is 0 Å². The molecule has 0 fully saturated rings. The third-order valence-corrected chi connectivity index (χ3v) is 0.289. The highest BCUT2D eigenvalue weighted by Gasteiger charge is 1.77. The van der Waals surface area contributed by atoms with Crippen molar-refractivity contribution < 1.29 is 0 Å². The maximum absolute atomic E-state index is 6.50. The summed E-state index contributed by atoms with van der Waals surface area (Å²) in [6.07, 6.45) is 1.33. The van der Waals surface area contributed by atoms with Crippen LogP contribution < -0.4 is 0 Å². The highest BCUT2D eigenvalue weighted by atomic mass is 14.3. The van der Waals surface area contributed by atoms with Gasteiger partial charge in [-0.3, -0.25) is 0 Å². The predicted octanol–water partition coefficient (Wildman–Crippen LogP) is 1.25. The van der Waals surface area contributed by atoms with Crippen molar-refractivity contribution in [3.63, 3.8) is 0 Å². The normalized spacial score (nSPS) is 8.60. The van der Waals surface area contributed by atoms with E-state index in [2.05, 4.69) is 0 Å². The molecule has 0 aliphatic carbocycles. The Kier molecular flexibility index (Phi) is 1.81. The molecule has 1 N–H and O–H groups in total. The van der Waals surface area contributed by atoms with Gasteiger partial charge in [0.1, 0.15) is 0 Å². The van der Waals surface area contributed by atoms with E-state index in [4.69, 9.17) is 5.41 Å². The summed E-state index contributed by atoms with van der Waals surface area (Å²) in [4.78, 5) is 0. The first-order valence-electron chi connectivity index (χ1n) is 1.58. The lowest BCUT2D eigenvalue weighted by Gasteiger charge is -1.81. The number of hydrogen-bond donors (Lipinski definition) is 1. The minimum atomic E-state index is 1.05. The molecule has 0 saturated carbocycles. The minimum absolute atomic E-state index is 1.05. The Morgan fingerprint density at radius 2 is 1.80 bits per heavy atom. The zero-order chi connectivity index (χ0) is 4.28. The predicted molar refractivity (Wildman–Crippen MR) is 23.4 cm³/mol. The Balaban J connectivity index is 2.83. The van der Waals surface area contributed by atoms with E-state index in [9.17, 15) is 0 Å². The molecule has 0 aliphatic heterocycles. The molecule has 1 heteroatoms. The molecule has 0 bridgehead atoms. The van der Waals surface area contributed by atoms with Crippen LogP contribution in [0.15, 0.2) is 0 Å². The van der Waals surface area contributed by atoms with Crippen LogP contribution in [0.1, 0.15) is 13.8 Å². The van der Waals surface area contributed by atoms with Crippen LogP contribution in [0.3, 0.4) is 0 Å². The van der Waals surface area contributed by atoms with Crippen molar-refractivity contribution in [3.05, 3.63) is 5.92 Å². The lowest BCUT2D eigenvalue weighted by molar-refractivity contribution is 1.26. The second-order valence-corrected chi connectivity index (χ2v) is 1.22. The molecule has 0 atom stereocenters. The molecule has 0 rings (SSSR count). The summed E-state index contributed by atoms with van der Waals surface area (Å²) in [6.45, 7) is 3.79. The molecular formula is C4H8N. The molecule has 0 aromatic heterocycles. The van der Waals surface area contributed by atoms with Crippen LogP contribution in [-0.2, 0) is 0 Å². The highest BCUT2D eigenvalue weighted by molar-refractivity contribution is 5.69. The van der Waals surface area contributed by atoms with E-state index in [1.165, 1.54) is 6.21 Å². The Morgan fingerprint density at radius 3 is 1.80 bits per heavy atom. The van der Waals surface area contributed by atoms with Crippen molar-refractivity contribution in [2.75, 3.05) is 0 Å². The average Bonchev–Trinajstić information content (AvgIpc) is 1.38. The summed E-state index contributed by atoms with van der Waals surface area (Å²) in [6, 6.07) is 0. The van der Waals surface area contributed by atoms with Crippen LogP contribution in [0.5, 0.6) is 0 Å². The van der Waals surface area contributed by atoms with Crippen LogP contribution >= 0.6 is 0 Å².